The first-order valence-electron chi connectivity index (χ1n) is 6.79. The summed E-state index contributed by atoms with van der Waals surface area (Å²) in [4.78, 5) is 4.39. The molecule has 3 N–H and O–H groups in total. The number of aromatic hydroxyl groups is 2. The van der Waals surface area contributed by atoms with Gasteiger partial charge in [0.15, 0.2) is 0 Å². The predicted molar refractivity (Wildman–Crippen MR) is 78.6 cm³/mol. The first-order valence-corrected chi connectivity index (χ1v) is 6.79. The van der Waals surface area contributed by atoms with Gasteiger partial charge in [-0.05, 0) is 31.0 Å². The third kappa shape index (κ3) is 3.27. The Bertz CT molecular complexity index is 584. The van der Waals surface area contributed by atoms with Gasteiger partial charge in [-0.2, -0.15) is 0 Å². The molecule has 0 amide bonds. The highest BCUT2D eigenvalue weighted by molar-refractivity contribution is 5.40. The normalized spacial score (nSPS) is 12.3. The van der Waals surface area contributed by atoms with E-state index in [1.165, 1.54) is 11.6 Å². The van der Waals surface area contributed by atoms with Gasteiger partial charge in [0.1, 0.15) is 11.5 Å². The SMILES string of the molecule is CCc1cccnc1CNC(C)c1ccc(O)cc1O. The van der Waals surface area contributed by atoms with Crippen LogP contribution in [0.4, 0.5) is 0 Å². The molecular formula is C16H20N2O2. The zero-order valence-corrected chi connectivity index (χ0v) is 11.8. The van der Waals surface area contributed by atoms with Crippen molar-refractivity contribution in [1.82, 2.24) is 10.3 Å². The molecule has 106 valence electrons. The van der Waals surface area contributed by atoms with E-state index in [1.807, 2.05) is 13.0 Å². The van der Waals surface area contributed by atoms with Crippen molar-refractivity contribution >= 4 is 0 Å². The number of nitrogens with one attached hydrogen (secondary N) is 1. The van der Waals surface area contributed by atoms with Crippen LogP contribution in [-0.2, 0) is 13.0 Å². The highest BCUT2D eigenvalue weighted by atomic mass is 16.3. The number of hydrogen-bond acceptors (Lipinski definition) is 4. The largest absolute Gasteiger partial charge is 0.508 e. The number of benzene rings is 1. The second-order valence-corrected chi connectivity index (χ2v) is 4.81. The van der Waals surface area contributed by atoms with Crippen LogP contribution in [0.5, 0.6) is 11.5 Å². The molecule has 0 radical (unpaired) electrons. The predicted octanol–water partition coefficient (Wildman–Crippen LogP) is 2.91. The molecule has 1 unspecified atom stereocenters. The fourth-order valence-corrected chi connectivity index (χ4v) is 2.21. The molecule has 4 nitrogen and oxygen atoms in total. The Morgan fingerprint density at radius 1 is 1.25 bits per heavy atom. The van der Waals surface area contributed by atoms with E-state index in [0.29, 0.717) is 6.54 Å². The van der Waals surface area contributed by atoms with Gasteiger partial charge in [0.05, 0.1) is 5.69 Å². The lowest BCUT2D eigenvalue weighted by molar-refractivity contribution is 0.435. The molecule has 1 atom stereocenters. The molecule has 2 rings (SSSR count). The minimum Gasteiger partial charge on any atom is -0.508 e. The van der Waals surface area contributed by atoms with Gasteiger partial charge in [-0.15, -0.1) is 0 Å². The summed E-state index contributed by atoms with van der Waals surface area (Å²) in [6, 6.07) is 8.64. The Labute approximate surface area is 119 Å². The van der Waals surface area contributed by atoms with Crippen molar-refractivity contribution in [1.29, 1.82) is 0 Å². The molecule has 1 aromatic heterocycles. The molecule has 20 heavy (non-hydrogen) atoms. The number of phenols is 2. The fourth-order valence-electron chi connectivity index (χ4n) is 2.21. The van der Waals surface area contributed by atoms with Crippen LogP contribution in [0, 0.1) is 0 Å². The summed E-state index contributed by atoms with van der Waals surface area (Å²) in [5, 5.41) is 22.5. The number of aromatic nitrogens is 1. The van der Waals surface area contributed by atoms with Crippen molar-refractivity contribution in [2.45, 2.75) is 32.9 Å². The second kappa shape index (κ2) is 6.39. The van der Waals surface area contributed by atoms with Crippen LogP contribution in [0.1, 0.15) is 36.7 Å². The zero-order valence-electron chi connectivity index (χ0n) is 11.8. The molecule has 0 bridgehead atoms. The molecule has 0 saturated heterocycles. The van der Waals surface area contributed by atoms with E-state index >= 15 is 0 Å². The van der Waals surface area contributed by atoms with Gasteiger partial charge in [0.2, 0.25) is 0 Å². The average molecular weight is 272 g/mol. The van der Waals surface area contributed by atoms with Crippen LogP contribution >= 0.6 is 0 Å². The minimum absolute atomic E-state index is 0.0256. The molecule has 2 aromatic rings. The van der Waals surface area contributed by atoms with E-state index < -0.39 is 0 Å². The molecule has 0 saturated carbocycles. The minimum atomic E-state index is -0.0256. The molecular weight excluding hydrogens is 252 g/mol. The summed E-state index contributed by atoms with van der Waals surface area (Å²) in [6.45, 7) is 4.72. The first kappa shape index (κ1) is 14.3. The third-order valence-corrected chi connectivity index (χ3v) is 3.42. The van der Waals surface area contributed by atoms with Gasteiger partial charge in [0, 0.05) is 30.4 Å². The van der Waals surface area contributed by atoms with Gasteiger partial charge < -0.3 is 15.5 Å². The van der Waals surface area contributed by atoms with Gasteiger partial charge >= 0.3 is 0 Å². The van der Waals surface area contributed by atoms with E-state index in [4.69, 9.17) is 0 Å². The van der Waals surface area contributed by atoms with E-state index in [2.05, 4.69) is 23.3 Å². The maximum Gasteiger partial charge on any atom is 0.124 e. The second-order valence-electron chi connectivity index (χ2n) is 4.81. The number of pyridine rings is 1. The van der Waals surface area contributed by atoms with Crippen molar-refractivity contribution < 1.29 is 10.2 Å². The molecule has 0 spiro atoms. The summed E-state index contributed by atoms with van der Waals surface area (Å²) in [7, 11) is 0. The van der Waals surface area contributed by atoms with Crippen LogP contribution in [0.25, 0.3) is 0 Å². The molecule has 0 aliphatic carbocycles. The first-order chi connectivity index (χ1) is 9.61. The number of nitrogens with zero attached hydrogens (tertiary/aromatic N) is 1. The van der Waals surface area contributed by atoms with Crippen molar-refractivity contribution in [2.24, 2.45) is 0 Å². The van der Waals surface area contributed by atoms with Crippen molar-refractivity contribution in [3.63, 3.8) is 0 Å². The Kier molecular flexibility index (Phi) is 4.58. The van der Waals surface area contributed by atoms with Crippen LogP contribution in [-0.4, -0.2) is 15.2 Å². The number of phenolic OH excluding ortho intramolecular Hbond substituents is 2. The summed E-state index contributed by atoms with van der Waals surface area (Å²) in [6.07, 6.45) is 2.74. The summed E-state index contributed by atoms with van der Waals surface area (Å²) >= 11 is 0. The van der Waals surface area contributed by atoms with E-state index in [-0.39, 0.29) is 17.5 Å². The molecule has 0 fully saturated rings. The van der Waals surface area contributed by atoms with Gasteiger partial charge in [0.25, 0.3) is 0 Å². The molecule has 1 aromatic carbocycles. The Morgan fingerprint density at radius 2 is 2.05 bits per heavy atom. The van der Waals surface area contributed by atoms with Crippen molar-refractivity contribution in [3.8, 4) is 11.5 Å². The number of aryl methyl sites for hydroxylation is 1. The van der Waals surface area contributed by atoms with Crippen molar-refractivity contribution in [3.05, 3.63) is 53.3 Å². The third-order valence-electron chi connectivity index (χ3n) is 3.42. The highest BCUT2D eigenvalue weighted by Crippen LogP contribution is 2.27. The number of rotatable bonds is 5. The topological polar surface area (TPSA) is 65.4 Å². The lowest BCUT2D eigenvalue weighted by atomic mass is 10.1. The highest BCUT2D eigenvalue weighted by Gasteiger charge is 2.11. The molecule has 1 heterocycles. The molecule has 4 heteroatoms. The number of hydrogen-bond donors (Lipinski definition) is 3. The molecule has 0 aliphatic rings. The maximum absolute atomic E-state index is 9.84. The fraction of sp³-hybridized carbons (Fsp3) is 0.312. The molecule has 0 aliphatic heterocycles. The van der Waals surface area contributed by atoms with Crippen LogP contribution in [0.2, 0.25) is 0 Å². The monoisotopic (exact) mass is 272 g/mol. The van der Waals surface area contributed by atoms with E-state index in [1.54, 1.807) is 18.3 Å². The standard InChI is InChI=1S/C16H20N2O2/c1-3-12-5-4-8-17-15(12)10-18-11(2)14-7-6-13(19)9-16(14)20/h4-9,11,18-20H,3,10H2,1-2H3. The van der Waals surface area contributed by atoms with Crippen molar-refractivity contribution in [2.75, 3.05) is 0 Å². The summed E-state index contributed by atoms with van der Waals surface area (Å²) in [5.41, 5.74) is 3.01. The summed E-state index contributed by atoms with van der Waals surface area (Å²) < 4.78 is 0. The van der Waals surface area contributed by atoms with E-state index in [0.717, 1.165) is 17.7 Å². The lowest BCUT2D eigenvalue weighted by Gasteiger charge is -2.16. The van der Waals surface area contributed by atoms with Crippen LogP contribution in [0.3, 0.4) is 0 Å². The van der Waals surface area contributed by atoms with E-state index in [9.17, 15) is 10.2 Å². The Balaban J connectivity index is 2.06. The summed E-state index contributed by atoms with van der Waals surface area (Å²) in [5.74, 6) is 0.165. The lowest BCUT2D eigenvalue weighted by Crippen LogP contribution is -2.19. The van der Waals surface area contributed by atoms with Gasteiger partial charge in [-0.3, -0.25) is 4.98 Å². The van der Waals surface area contributed by atoms with Gasteiger partial charge in [-0.1, -0.05) is 19.1 Å². The average Bonchev–Trinajstić information content (AvgIpc) is 2.45. The van der Waals surface area contributed by atoms with Gasteiger partial charge in [-0.25, -0.2) is 0 Å². The Morgan fingerprint density at radius 3 is 2.75 bits per heavy atom. The smallest absolute Gasteiger partial charge is 0.124 e. The quantitative estimate of drug-likeness (QED) is 0.783. The zero-order chi connectivity index (χ0) is 14.5. The maximum atomic E-state index is 9.84. The van der Waals surface area contributed by atoms with Crippen LogP contribution in [0.15, 0.2) is 36.5 Å². The van der Waals surface area contributed by atoms with Crippen LogP contribution < -0.4 is 5.32 Å². The Hall–Kier alpha value is -2.07.